The number of benzene rings is 1. The summed E-state index contributed by atoms with van der Waals surface area (Å²) in [5, 5.41) is 0. The molecule has 1 aliphatic heterocycles. The van der Waals surface area contributed by atoms with E-state index in [-0.39, 0.29) is 12.2 Å². The number of fused-ring (bicyclic) bond motifs is 1. The number of carbonyl (C=O) groups excluding carboxylic acids is 1. The summed E-state index contributed by atoms with van der Waals surface area (Å²) in [5.41, 5.74) is 0.833. The third-order valence-electron chi connectivity index (χ3n) is 2.96. The van der Waals surface area contributed by atoms with Crippen LogP contribution in [0.25, 0.3) is 0 Å². The zero-order chi connectivity index (χ0) is 14.8. The van der Waals surface area contributed by atoms with Gasteiger partial charge in [-0.15, -0.1) is 0 Å². The SMILES string of the molecule is O=C(COCC(F)(F)F)N1CCCc2cccc(F)c21. The highest BCUT2D eigenvalue weighted by Gasteiger charge is 2.30. The molecule has 0 spiro atoms. The number of hydrogen-bond acceptors (Lipinski definition) is 2. The molecular formula is C13H13F4NO2. The molecule has 1 amide bonds. The molecule has 2 rings (SSSR count). The molecule has 20 heavy (non-hydrogen) atoms. The summed E-state index contributed by atoms with van der Waals surface area (Å²) in [6.07, 6.45) is -3.20. The van der Waals surface area contributed by atoms with Crippen molar-refractivity contribution in [1.29, 1.82) is 0 Å². The minimum absolute atomic E-state index is 0.152. The van der Waals surface area contributed by atoms with E-state index in [0.29, 0.717) is 18.4 Å². The molecule has 1 aliphatic rings. The highest BCUT2D eigenvalue weighted by atomic mass is 19.4. The van der Waals surface area contributed by atoms with Crippen LogP contribution in [0.2, 0.25) is 0 Å². The number of para-hydroxylation sites is 1. The van der Waals surface area contributed by atoms with Gasteiger partial charge in [0.1, 0.15) is 19.0 Å². The molecule has 1 aromatic carbocycles. The second kappa shape index (κ2) is 5.78. The van der Waals surface area contributed by atoms with Crippen LogP contribution >= 0.6 is 0 Å². The molecule has 0 fully saturated rings. The van der Waals surface area contributed by atoms with Crippen molar-refractivity contribution in [2.24, 2.45) is 0 Å². The van der Waals surface area contributed by atoms with Gasteiger partial charge in [-0.25, -0.2) is 4.39 Å². The highest BCUT2D eigenvalue weighted by molar-refractivity contribution is 5.95. The maximum atomic E-state index is 13.8. The van der Waals surface area contributed by atoms with Gasteiger partial charge in [0, 0.05) is 6.54 Å². The van der Waals surface area contributed by atoms with E-state index >= 15 is 0 Å². The summed E-state index contributed by atoms with van der Waals surface area (Å²) in [6, 6.07) is 4.47. The Morgan fingerprint density at radius 2 is 2.10 bits per heavy atom. The molecule has 0 unspecified atom stereocenters. The van der Waals surface area contributed by atoms with Gasteiger partial charge in [-0.3, -0.25) is 4.79 Å². The van der Waals surface area contributed by atoms with Crippen LogP contribution in [0.3, 0.4) is 0 Å². The molecule has 0 radical (unpaired) electrons. The van der Waals surface area contributed by atoms with Crippen LogP contribution in [0.4, 0.5) is 23.2 Å². The quantitative estimate of drug-likeness (QED) is 0.801. The number of ether oxygens (including phenoxy) is 1. The highest BCUT2D eigenvalue weighted by Crippen LogP contribution is 2.30. The molecule has 3 nitrogen and oxygen atoms in total. The summed E-state index contributed by atoms with van der Waals surface area (Å²) in [6.45, 7) is -1.92. The van der Waals surface area contributed by atoms with Crippen molar-refractivity contribution in [2.75, 3.05) is 24.7 Å². The molecule has 0 aliphatic carbocycles. The number of hydrogen-bond donors (Lipinski definition) is 0. The molecule has 110 valence electrons. The first-order valence-electron chi connectivity index (χ1n) is 6.11. The van der Waals surface area contributed by atoms with E-state index in [1.54, 1.807) is 12.1 Å². The van der Waals surface area contributed by atoms with Crippen LogP contribution in [-0.2, 0) is 16.0 Å². The predicted octanol–water partition coefficient (Wildman–Crippen LogP) is 2.68. The summed E-state index contributed by atoms with van der Waals surface area (Å²) in [4.78, 5) is 13.0. The summed E-state index contributed by atoms with van der Waals surface area (Å²) in [5.74, 6) is -1.22. The molecule has 0 bridgehead atoms. The monoisotopic (exact) mass is 291 g/mol. The lowest BCUT2D eigenvalue weighted by Crippen LogP contribution is -2.39. The lowest BCUT2D eigenvalue weighted by molar-refractivity contribution is -0.175. The van der Waals surface area contributed by atoms with Gasteiger partial charge >= 0.3 is 6.18 Å². The van der Waals surface area contributed by atoms with Crippen molar-refractivity contribution in [1.82, 2.24) is 0 Å². The Labute approximate surface area is 113 Å². The van der Waals surface area contributed by atoms with E-state index in [0.717, 1.165) is 4.90 Å². The summed E-state index contributed by atoms with van der Waals surface area (Å²) >= 11 is 0. The first kappa shape index (κ1) is 14.8. The van der Waals surface area contributed by atoms with Crippen molar-refractivity contribution in [2.45, 2.75) is 19.0 Å². The number of nitrogens with zero attached hydrogens (tertiary/aromatic N) is 1. The number of amides is 1. The Balaban J connectivity index is 2.06. The first-order valence-corrected chi connectivity index (χ1v) is 6.11. The fourth-order valence-electron chi connectivity index (χ4n) is 2.18. The Bertz CT molecular complexity index is 502. The number of aryl methyl sites for hydroxylation is 1. The molecule has 0 saturated carbocycles. The number of alkyl halides is 3. The first-order chi connectivity index (χ1) is 9.38. The lowest BCUT2D eigenvalue weighted by atomic mass is 10.0. The molecule has 1 heterocycles. The van der Waals surface area contributed by atoms with Crippen LogP contribution in [0.1, 0.15) is 12.0 Å². The second-order valence-corrected chi connectivity index (χ2v) is 4.50. The number of anilines is 1. The van der Waals surface area contributed by atoms with E-state index in [4.69, 9.17) is 0 Å². The van der Waals surface area contributed by atoms with E-state index in [2.05, 4.69) is 4.74 Å². The van der Waals surface area contributed by atoms with Crippen molar-refractivity contribution in [3.8, 4) is 0 Å². The van der Waals surface area contributed by atoms with Gasteiger partial charge in [0.25, 0.3) is 5.91 Å². The van der Waals surface area contributed by atoms with Crippen LogP contribution in [0.5, 0.6) is 0 Å². The maximum Gasteiger partial charge on any atom is 0.411 e. The van der Waals surface area contributed by atoms with Crippen LogP contribution in [0.15, 0.2) is 18.2 Å². The average molecular weight is 291 g/mol. The largest absolute Gasteiger partial charge is 0.411 e. The van der Waals surface area contributed by atoms with Crippen LogP contribution in [0, 0.1) is 5.82 Å². The Kier molecular flexibility index (Phi) is 4.27. The maximum absolute atomic E-state index is 13.8. The molecule has 0 N–H and O–H groups in total. The topological polar surface area (TPSA) is 29.5 Å². The van der Waals surface area contributed by atoms with E-state index in [1.165, 1.54) is 6.07 Å². The van der Waals surface area contributed by atoms with Gasteiger partial charge < -0.3 is 9.64 Å². The molecule has 0 aromatic heterocycles. The Morgan fingerprint density at radius 1 is 1.35 bits per heavy atom. The fraction of sp³-hybridized carbons (Fsp3) is 0.462. The molecule has 0 atom stereocenters. The minimum Gasteiger partial charge on any atom is -0.362 e. The summed E-state index contributed by atoms with van der Waals surface area (Å²) in [7, 11) is 0. The van der Waals surface area contributed by atoms with E-state index in [1.807, 2.05) is 0 Å². The van der Waals surface area contributed by atoms with Gasteiger partial charge in [-0.1, -0.05) is 12.1 Å². The minimum atomic E-state index is -4.48. The average Bonchev–Trinajstić information content (AvgIpc) is 2.37. The predicted molar refractivity (Wildman–Crippen MR) is 63.9 cm³/mol. The molecule has 1 aromatic rings. The van der Waals surface area contributed by atoms with Crippen LogP contribution in [-0.4, -0.2) is 31.8 Å². The van der Waals surface area contributed by atoms with Gasteiger partial charge in [-0.05, 0) is 24.5 Å². The van der Waals surface area contributed by atoms with Crippen LogP contribution < -0.4 is 4.90 Å². The molecule has 0 saturated heterocycles. The fourth-order valence-corrected chi connectivity index (χ4v) is 2.18. The van der Waals surface area contributed by atoms with Gasteiger partial charge in [-0.2, -0.15) is 13.2 Å². The zero-order valence-electron chi connectivity index (χ0n) is 10.5. The molecular weight excluding hydrogens is 278 g/mol. The normalized spacial score (nSPS) is 15.1. The van der Waals surface area contributed by atoms with Crippen molar-refractivity contribution >= 4 is 11.6 Å². The lowest BCUT2D eigenvalue weighted by Gasteiger charge is -2.29. The second-order valence-electron chi connectivity index (χ2n) is 4.50. The van der Waals surface area contributed by atoms with Gasteiger partial charge in [0.15, 0.2) is 0 Å². The van der Waals surface area contributed by atoms with Gasteiger partial charge in [0.2, 0.25) is 0 Å². The molecule has 7 heteroatoms. The smallest absolute Gasteiger partial charge is 0.362 e. The van der Waals surface area contributed by atoms with Crippen molar-refractivity contribution in [3.63, 3.8) is 0 Å². The Morgan fingerprint density at radius 3 is 2.80 bits per heavy atom. The Hall–Kier alpha value is -1.63. The zero-order valence-corrected chi connectivity index (χ0v) is 10.5. The van der Waals surface area contributed by atoms with Gasteiger partial charge in [0.05, 0.1) is 5.69 Å². The number of halogens is 4. The number of rotatable bonds is 3. The number of carbonyl (C=O) groups is 1. The standard InChI is InChI=1S/C13H13F4NO2/c14-10-5-1-3-9-4-2-6-18(12(9)10)11(19)7-20-8-13(15,16)17/h1,3,5H,2,4,6-8H2. The van der Waals surface area contributed by atoms with Crippen molar-refractivity contribution < 1.29 is 27.1 Å². The van der Waals surface area contributed by atoms with Crippen molar-refractivity contribution in [3.05, 3.63) is 29.6 Å². The van der Waals surface area contributed by atoms with E-state index < -0.39 is 31.1 Å². The van der Waals surface area contributed by atoms with E-state index in [9.17, 15) is 22.4 Å². The summed E-state index contributed by atoms with van der Waals surface area (Å²) < 4.78 is 53.9. The third-order valence-corrected chi connectivity index (χ3v) is 2.96. The third kappa shape index (κ3) is 3.47.